The van der Waals surface area contributed by atoms with Gasteiger partial charge in [0, 0.05) is 17.3 Å². The summed E-state index contributed by atoms with van der Waals surface area (Å²) in [6.07, 6.45) is 0.730. The Morgan fingerprint density at radius 1 is 1.19 bits per heavy atom. The van der Waals surface area contributed by atoms with Gasteiger partial charge in [-0.3, -0.25) is 9.78 Å². The zero-order valence-electron chi connectivity index (χ0n) is 12.0. The molecule has 21 heavy (non-hydrogen) atoms. The van der Waals surface area contributed by atoms with E-state index in [-0.39, 0.29) is 0 Å². The Morgan fingerprint density at radius 3 is 2.57 bits per heavy atom. The fourth-order valence-corrected chi connectivity index (χ4v) is 1.97. The topological polar surface area (TPSA) is 72.2 Å². The monoisotopic (exact) mass is 282 g/mol. The number of nitriles is 1. The summed E-state index contributed by atoms with van der Waals surface area (Å²) in [6, 6.07) is 8.62. The predicted molar refractivity (Wildman–Crippen MR) is 76.9 cm³/mol. The Kier molecular flexibility index (Phi) is 4.19. The van der Waals surface area contributed by atoms with Gasteiger partial charge in [-0.05, 0) is 32.0 Å². The number of aromatic nitrogens is 1. The van der Waals surface area contributed by atoms with Gasteiger partial charge in [-0.25, -0.2) is 0 Å². The zero-order chi connectivity index (χ0) is 15.4. The summed E-state index contributed by atoms with van der Waals surface area (Å²) in [5, 5.41) is 9.23. The second kappa shape index (κ2) is 6.06. The van der Waals surface area contributed by atoms with Gasteiger partial charge in [0.25, 0.3) is 0 Å². The largest absolute Gasteiger partial charge is 0.493 e. The van der Waals surface area contributed by atoms with E-state index in [1.54, 1.807) is 31.2 Å². The number of hydrogen-bond donors (Lipinski definition) is 0. The molecule has 0 fully saturated rings. The van der Waals surface area contributed by atoms with Gasteiger partial charge < -0.3 is 9.47 Å². The van der Waals surface area contributed by atoms with Crippen LogP contribution in [0.1, 0.15) is 27.3 Å². The maximum absolute atomic E-state index is 10.8. The second-order valence-corrected chi connectivity index (χ2v) is 4.46. The summed E-state index contributed by atoms with van der Waals surface area (Å²) >= 11 is 0. The lowest BCUT2D eigenvalue weighted by Crippen LogP contribution is -1.98. The third kappa shape index (κ3) is 3.00. The average Bonchev–Trinajstić information content (AvgIpc) is 2.47. The van der Waals surface area contributed by atoms with Crippen LogP contribution in [0, 0.1) is 25.2 Å². The van der Waals surface area contributed by atoms with E-state index in [0.29, 0.717) is 34.1 Å². The molecule has 1 aromatic heterocycles. The van der Waals surface area contributed by atoms with E-state index in [9.17, 15) is 10.1 Å². The summed E-state index contributed by atoms with van der Waals surface area (Å²) in [5.41, 5.74) is 2.23. The third-order valence-corrected chi connectivity index (χ3v) is 2.95. The maximum Gasteiger partial charge on any atom is 0.169 e. The molecule has 5 heteroatoms. The minimum absolute atomic E-state index is 0.377. The molecule has 0 amide bonds. The molecule has 2 rings (SSSR count). The molecule has 0 aliphatic carbocycles. The van der Waals surface area contributed by atoms with Crippen molar-refractivity contribution >= 4 is 6.29 Å². The summed E-state index contributed by atoms with van der Waals surface area (Å²) in [4.78, 5) is 15.0. The van der Waals surface area contributed by atoms with E-state index in [2.05, 4.69) is 11.1 Å². The van der Waals surface area contributed by atoms with Gasteiger partial charge >= 0.3 is 0 Å². The fraction of sp³-hybridized carbons (Fsp3) is 0.188. The number of pyridine rings is 1. The molecular weight excluding hydrogens is 268 g/mol. The van der Waals surface area contributed by atoms with E-state index in [1.165, 1.54) is 7.11 Å². The molecule has 106 valence electrons. The molecule has 0 spiro atoms. The number of aldehydes is 1. The van der Waals surface area contributed by atoms with E-state index < -0.39 is 0 Å². The number of aryl methyl sites for hydroxylation is 2. The molecule has 2 aromatic rings. The number of carbonyl (C=O) groups is 1. The normalized spacial score (nSPS) is 9.81. The third-order valence-electron chi connectivity index (χ3n) is 2.95. The van der Waals surface area contributed by atoms with E-state index >= 15 is 0 Å². The Morgan fingerprint density at radius 2 is 1.95 bits per heavy atom. The number of carbonyl (C=O) groups excluding carboxylic acids is 1. The van der Waals surface area contributed by atoms with Gasteiger partial charge in [0.15, 0.2) is 11.5 Å². The van der Waals surface area contributed by atoms with Gasteiger partial charge in [-0.2, -0.15) is 5.26 Å². The minimum atomic E-state index is 0.377. The lowest BCUT2D eigenvalue weighted by Gasteiger charge is -2.13. The van der Waals surface area contributed by atoms with E-state index in [4.69, 9.17) is 9.47 Å². The standard InChI is InChI=1S/C16H14N2O3/c1-10-6-15(13(8-17)11(2)18-10)21-14-5-4-12(9-19)7-16(14)20-3/h4-7,9H,1-3H3. The smallest absolute Gasteiger partial charge is 0.169 e. The maximum atomic E-state index is 10.8. The Labute approximate surface area is 122 Å². The first-order chi connectivity index (χ1) is 10.1. The van der Waals surface area contributed by atoms with Crippen molar-refractivity contribution in [1.29, 1.82) is 5.26 Å². The summed E-state index contributed by atoms with van der Waals surface area (Å²) in [6.45, 7) is 3.58. The molecule has 5 nitrogen and oxygen atoms in total. The number of nitrogens with zero attached hydrogens (tertiary/aromatic N) is 2. The number of methoxy groups -OCH3 is 1. The van der Waals surface area contributed by atoms with Crippen LogP contribution in [0.2, 0.25) is 0 Å². The Bertz CT molecular complexity index is 733. The van der Waals surface area contributed by atoms with E-state index in [1.807, 2.05) is 6.92 Å². The first-order valence-electron chi connectivity index (χ1n) is 6.28. The van der Waals surface area contributed by atoms with Gasteiger partial charge in [-0.1, -0.05) is 0 Å². The summed E-state index contributed by atoms with van der Waals surface area (Å²) < 4.78 is 11.0. The molecule has 1 heterocycles. The molecule has 0 N–H and O–H groups in total. The Hall–Kier alpha value is -2.87. The van der Waals surface area contributed by atoms with Crippen molar-refractivity contribution in [2.24, 2.45) is 0 Å². The quantitative estimate of drug-likeness (QED) is 0.805. The molecule has 0 atom stereocenters. The summed E-state index contributed by atoms with van der Waals surface area (Å²) in [7, 11) is 1.49. The van der Waals surface area contributed by atoms with Crippen LogP contribution < -0.4 is 9.47 Å². The SMILES string of the molecule is COc1cc(C=O)ccc1Oc1cc(C)nc(C)c1C#N. The molecule has 0 bridgehead atoms. The lowest BCUT2D eigenvalue weighted by molar-refractivity contribution is 0.112. The lowest BCUT2D eigenvalue weighted by atomic mass is 10.1. The van der Waals surface area contributed by atoms with Crippen LogP contribution in [-0.4, -0.2) is 18.4 Å². The van der Waals surface area contributed by atoms with Gasteiger partial charge in [0.2, 0.25) is 0 Å². The molecular formula is C16H14N2O3. The van der Waals surface area contributed by atoms with Crippen LogP contribution in [-0.2, 0) is 0 Å². The molecule has 0 radical (unpaired) electrons. The number of benzene rings is 1. The van der Waals surface area contributed by atoms with Crippen LogP contribution in [0.15, 0.2) is 24.3 Å². The van der Waals surface area contributed by atoms with Crippen LogP contribution in [0.3, 0.4) is 0 Å². The van der Waals surface area contributed by atoms with Crippen molar-refractivity contribution in [3.05, 3.63) is 46.8 Å². The highest BCUT2D eigenvalue weighted by Gasteiger charge is 2.13. The molecule has 0 saturated carbocycles. The fourth-order valence-electron chi connectivity index (χ4n) is 1.97. The Balaban J connectivity index is 2.48. The number of hydrogen-bond acceptors (Lipinski definition) is 5. The van der Waals surface area contributed by atoms with Gasteiger partial charge in [0.1, 0.15) is 23.7 Å². The van der Waals surface area contributed by atoms with Crippen molar-refractivity contribution < 1.29 is 14.3 Å². The number of ether oxygens (including phenoxy) is 2. The molecule has 0 saturated heterocycles. The van der Waals surface area contributed by atoms with Crippen LogP contribution in [0.5, 0.6) is 17.2 Å². The number of rotatable bonds is 4. The van der Waals surface area contributed by atoms with Gasteiger partial charge in [0.05, 0.1) is 12.8 Å². The average molecular weight is 282 g/mol. The second-order valence-electron chi connectivity index (χ2n) is 4.46. The summed E-state index contributed by atoms with van der Waals surface area (Å²) in [5.74, 6) is 1.28. The van der Waals surface area contributed by atoms with Crippen molar-refractivity contribution in [2.45, 2.75) is 13.8 Å². The predicted octanol–water partition coefficient (Wildman–Crippen LogP) is 3.18. The van der Waals surface area contributed by atoms with E-state index in [0.717, 1.165) is 12.0 Å². The first-order valence-corrected chi connectivity index (χ1v) is 6.28. The molecule has 0 unspecified atom stereocenters. The van der Waals surface area contributed by atoms with Crippen LogP contribution in [0.25, 0.3) is 0 Å². The van der Waals surface area contributed by atoms with Crippen molar-refractivity contribution in [3.8, 4) is 23.3 Å². The van der Waals surface area contributed by atoms with Crippen molar-refractivity contribution in [1.82, 2.24) is 4.98 Å². The highest BCUT2D eigenvalue weighted by molar-refractivity contribution is 5.76. The van der Waals surface area contributed by atoms with Crippen LogP contribution in [0.4, 0.5) is 0 Å². The van der Waals surface area contributed by atoms with Crippen LogP contribution >= 0.6 is 0 Å². The van der Waals surface area contributed by atoms with Gasteiger partial charge in [-0.15, -0.1) is 0 Å². The minimum Gasteiger partial charge on any atom is -0.493 e. The highest BCUT2D eigenvalue weighted by Crippen LogP contribution is 2.34. The molecule has 0 aliphatic heterocycles. The molecule has 1 aromatic carbocycles. The van der Waals surface area contributed by atoms with Crippen molar-refractivity contribution in [3.63, 3.8) is 0 Å². The zero-order valence-corrected chi connectivity index (χ0v) is 12.0. The van der Waals surface area contributed by atoms with Crippen molar-refractivity contribution in [2.75, 3.05) is 7.11 Å². The highest BCUT2D eigenvalue weighted by atomic mass is 16.5. The molecule has 0 aliphatic rings. The first kappa shape index (κ1) is 14.5.